The Bertz CT molecular complexity index is 272. The van der Waals surface area contributed by atoms with E-state index < -0.39 is 0 Å². The molecule has 2 N–H and O–H groups in total. The molecule has 1 saturated carbocycles. The zero-order valence-corrected chi connectivity index (χ0v) is 14.3. The summed E-state index contributed by atoms with van der Waals surface area (Å²) in [6, 6.07) is 0.815. The van der Waals surface area contributed by atoms with E-state index in [4.69, 9.17) is 5.73 Å². The van der Waals surface area contributed by atoms with Crippen molar-refractivity contribution < 1.29 is 4.79 Å². The molecule has 0 aromatic carbocycles. The lowest BCUT2D eigenvalue weighted by atomic mass is 9.90. The lowest BCUT2D eigenvalue weighted by Gasteiger charge is -2.36. The summed E-state index contributed by atoms with van der Waals surface area (Å²) < 4.78 is 0. The van der Waals surface area contributed by atoms with E-state index >= 15 is 0 Å². The fraction of sp³-hybridized carbons (Fsp3) is 0.944. The number of carbonyl (C=O) groups excluding carboxylic acids is 1. The Hall–Kier alpha value is -0.570. The van der Waals surface area contributed by atoms with Gasteiger partial charge in [0.2, 0.25) is 5.91 Å². The second kappa shape index (κ2) is 11.1. The first kappa shape index (κ1) is 18.5. The summed E-state index contributed by atoms with van der Waals surface area (Å²) in [4.78, 5) is 14.7. The van der Waals surface area contributed by atoms with Gasteiger partial charge in [-0.2, -0.15) is 0 Å². The van der Waals surface area contributed by atoms with Crippen LogP contribution in [0, 0.1) is 0 Å². The maximum atomic E-state index is 12.5. The van der Waals surface area contributed by atoms with Gasteiger partial charge in [-0.25, -0.2) is 0 Å². The van der Waals surface area contributed by atoms with Gasteiger partial charge in [0, 0.05) is 25.0 Å². The number of rotatable bonds is 10. The number of hydrogen-bond acceptors (Lipinski definition) is 2. The summed E-state index contributed by atoms with van der Waals surface area (Å²) in [5, 5.41) is 0. The van der Waals surface area contributed by atoms with Crippen molar-refractivity contribution in [1.82, 2.24) is 4.90 Å². The largest absolute Gasteiger partial charge is 0.340 e. The SMILES string of the molecule is CCCCCCCCC(=O)N(CCC)C1CCC(N)CC1. The highest BCUT2D eigenvalue weighted by Gasteiger charge is 2.26. The number of carbonyl (C=O) groups is 1. The molecule has 3 heteroatoms. The second-order valence-electron chi connectivity index (χ2n) is 6.67. The van der Waals surface area contributed by atoms with Gasteiger partial charge in [-0.1, -0.05) is 46.0 Å². The molecule has 1 amide bonds. The molecule has 0 spiro atoms. The van der Waals surface area contributed by atoms with Gasteiger partial charge in [0.05, 0.1) is 0 Å². The van der Waals surface area contributed by atoms with E-state index in [1.807, 2.05) is 0 Å². The summed E-state index contributed by atoms with van der Waals surface area (Å²) in [7, 11) is 0. The van der Waals surface area contributed by atoms with Crippen molar-refractivity contribution >= 4 is 5.91 Å². The maximum absolute atomic E-state index is 12.5. The van der Waals surface area contributed by atoms with Gasteiger partial charge in [0.1, 0.15) is 0 Å². The standard InChI is InChI=1S/C18H36N2O/c1-3-5-6-7-8-9-10-18(21)20(15-4-2)17-13-11-16(19)12-14-17/h16-17H,3-15,19H2,1-2H3. The fourth-order valence-electron chi connectivity index (χ4n) is 3.37. The van der Waals surface area contributed by atoms with E-state index in [1.165, 1.54) is 32.1 Å². The molecule has 0 radical (unpaired) electrons. The Kier molecular flexibility index (Phi) is 9.73. The highest BCUT2D eigenvalue weighted by molar-refractivity contribution is 5.76. The van der Waals surface area contributed by atoms with Crippen LogP contribution >= 0.6 is 0 Å². The first-order valence-electron chi connectivity index (χ1n) is 9.24. The van der Waals surface area contributed by atoms with E-state index in [-0.39, 0.29) is 0 Å². The molecule has 124 valence electrons. The minimum atomic E-state index is 0.360. The van der Waals surface area contributed by atoms with Gasteiger partial charge >= 0.3 is 0 Å². The molecule has 0 aliphatic heterocycles. The van der Waals surface area contributed by atoms with Crippen molar-refractivity contribution in [1.29, 1.82) is 0 Å². The molecule has 0 aromatic heterocycles. The highest BCUT2D eigenvalue weighted by atomic mass is 16.2. The van der Waals surface area contributed by atoms with Crippen molar-refractivity contribution in [2.45, 2.75) is 103 Å². The maximum Gasteiger partial charge on any atom is 0.222 e. The van der Waals surface area contributed by atoms with Crippen molar-refractivity contribution in [3.63, 3.8) is 0 Å². The minimum Gasteiger partial charge on any atom is -0.340 e. The molecule has 1 aliphatic rings. The molecule has 0 unspecified atom stereocenters. The zero-order valence-electron chi connectivity index (χ0n) is 14.3. The van der Waals surface area contributed by atoms with Crippen molar-refractivity contribution in [3.8, 4) is 0 Å². The van der Waals surface area contributed by atoms with Crippen LogP contribution in [-0.2, 0) is 4.79 Å². The van der Waals surface area contributed by atoms with E-state index in [2.05, 4.69) is 18.7 Å². The number of amides is 1. The third-order valence-electron chi connectivity index (χ3n) is 4.71. The van der Waals surface area contributed by atoms with Gasteiger partial charge in [-0.05, 0) is 38.5 Å². The second-order valence-corrected chi connectivity index (χ2v) is 6.67. The van der Waals surface area contributed by atoms with Crippen LogP contribution in [0.2, 0.25) is 0 Å². The van der Waals surface area contributed by atoms with E-state index in [0.29, 0.717) is 18.0 Å². The van der Waals surface area contributed by atoms with E-state index in [9.17, 15) is 4.79 Å². The number of hydrogen-bond donors (Lipinski definition) is 1. The molecular formula is C18H36N2O. The quantitative estimate of drug-likeness (QED) is 0.613. The summed E-state index contributed by atoms with van der Waals surface area (Å²) in [5.41, 5.74) is 5.98. The minimum absolute atomic E-state index is 0.360. The lowest BCUT2D eigenvalue weighted by Crippen LogP contribution is -2.44. The molecule has 0 saturated heterocycles. The Balaban J connectivity index is 2.28. The Morgan fingerprint density at radius 3 is 2.19 bits per heavy atom. The molecule has 1 rings (SSSR count). The lowest BCUT2D eigenvalue weighted by molar-refractivity contribution is -0.134. The van der Waals surface area contributed by atoms with Crippen LogP contribution in [0.1, 0.15) is 90.9 Å². The Morgan fingerprint density at radius 1 is 0.952 bits per heavy atom. The van der Waals surface area contributed by atoms with Gasteiger partial charge < -0.3 is 10.6 Å². The summed E-state index contributed by atoms with van der Waals surface area (Å²) in [6.45, 7) is 5.33. The smallest absolute Gasteiger partial charge is 0.222 e. The van der Waals surface area contributed by atoms with Crippen LogP contribution in [0.25, 0.3) is 0 Å². The topological polar surface area (TPSA) is 46.3 Å². The molecule has 0 atom stereocenters. The summed E-state index contributed by atoms with van der Waals surface area (Å²) in [6.07, 6.45) is 13.7. The third kappa shape index (κ3) is 7.30. The van der Waals surface area contributed by atoms with E-state index in [1.54, 1.807) is 0 Å². The van der Waals surface area contributed by atoms with Crippen molar-refractivity contribution in [2.24, 2.45) is 5.73 Å². The van der Waals surface area contributed by atoms with Crippen LogP contribution in [0.4, 0.5) is 0 Å². The number of unbranched alkanes of at least 4 members (excludes halogenated alkanes) is 5. The van der Waals surface area contributed by atoms with Crippen LogP contribution in [0.5, 0.6) is 0 Å². The summed E-state index contributed by atoms with van der Waals surface area (Å²) >= 11 is 0. The monoisotopic (exact) mass is 296 g/mol. The van der Waals surface area contributed by atoms with Crippen LogP contribution in [-0.4, -0.2) is 29.4 Å². The van der Waals surface area contributed by atoms with Gasteiger partial charge in [-0.3, -0.25) is 4.79 Å². The number of nitrogens with two attached hydrogens (primary N) is 1. The van der Waals surface area contributed by atoms with Gasteiger partial charge in [0.15, 0.2) is 0 Å². The average molecular weight is 296 g/mol. The molecule has 0 heterocycles. The van der Waals surface area contributed by atoms with E-state index in [0.717, 1.165) is 51.5 Å². The van der Waals surface area contributed by atoms with Gasteiger partial charge in [-0.15, -0.1) is 0 Å². The van der Waals surface area contributed by atoms with Crippen LogP contribution < -0.4 is 5.73 Å². The normalized spacial score (nSPS) is 22.2. The first-order chi connectivity index (χ1) is 10.2. The average Bonchev–Trinajstić information content (AvgIpc) is 2.49. The molecule has 1 aliphatic carbocycles. The molecular weight excluding hydrogens is 260 g/mol. The number of nitrogens with zero attached hydrogens (tertiary/aromatic N) is 1. The summed E-state index contributed by atoms with van der Waals surface area (Å²) in [5.74, 6) is 0.382. The fourth-order valence-corrected chi connectivity index (χ4v) is 3.37. The van der Waals surface area contributed by atoms with Crippen LogP contribution in [0.15, 0.2) is 0 Å². The molecule has 3 nitrogen and oxygen atoms in total. The Morgan fingerprint density at radius 2 is 1.57 bits per heavy atom. The van der Waals surface area contributed by atoms with Crippen molar-refractivity contribution in [3.05, 3.63) is 0 Å². The first-order valence-corrected chi connectivity index (χ1v) is 9.24. The molecule has 0 bridgehead atoms. The molecule has 1 fully saturated rings. The highest BCUT2D eigenvalue weighted by Crippen LogP contribution is 2.23. The van der Waals surface area contributed by atoms with Crippen LogP contribution in [0.3, 0.4) is 0 Å². The Labute approximate surface area is 131 Å². The molecule has 21 heavy (non-hydrogen) atoms. The zero-order chi connectivity index (χ0) is 15.5. The predicted octanol–water partition coefficient (Wildman–Crippen LogP) is 4.25. The molecule has 0 aromatic rings. The van der Waals surface area contributed by atoms with Gasteiger partial charge in [0.25, 0.3) is 0 Å². The predicted molar refractivity (Wildman–Crippen MR) is 90.2 cm³/mol. The third-order valence-corrected chi connectivity index (χ3v) is 4.71. The van der Waals surface area contributed by atoms with Crippen molar-refractivity contribution in [2.75, 3.05) is 6.54 Å².